The lowest BCUT2D eigenvalue weighted by Gasteiger charge is -2.17. The van der Waals surface area contributed by atoms with Gasteiger partial charge in [-0.1, -0.05) is 11.6 Å². The molecule has 2 N–H and O–H groups in total. The van der Waals surface area contributed by atoms with Crippen molar-refractivity contribution in [1.29, 1.82) is 0 Å². The summed E-state index contributed by atoms with van der Waals surface area (Å²) in [5.41, 5.74) is -0.253. The highest BCUT2D eigenvalue weighted by Crippen LogP contribution is 2.30. The minimum atomic E-state index is -1.32. The maximum atomic E-state index is 10.8. The fourth-order valence-corrected chi connectivity index (χ4v) is 1.85. The lowest BCUT2D eigenvalue weighted by molar-refractivity contribution is -0.386. The number of hydrogen-bond acceptors (Lipinski definition) is 5. The summed E-state index contributed by atoms with van der Waals surface area (Å²) in [5, 5.41) is 30.4. The van der Waals surface area contributed by atoms with Crippen LogP contribution in [0.4, 0.5) is 5.69 Å². The van der Waals surface area contributed by atoms with E-state index in [1.807, 2.05) is 0 Å². The maximum Gasteiger partial charge on any atom is 0.276 e. The average molecular weight is 278 g/mol. The number of aliphatic hydroxyl groups is 2. The Morgan fingerprint density at radius 2 is 2.12 bits per heavy atom. The lowest BCUT2D eigenvalue weighted by atomic mass is 10.0. The van der Waals surface area contributed by atoms with Crippen molar-refractivity contribution in [2.75, 3.05) is 5.75 Å². The summed E-state index contributed by atoms with van der Waals surface area (Å²) in [6.45, 7) is 0. The number of nitro benzene ring substituents is 1. The van der Waals surface area contributed by atoms with Gasteiger partial charge in [-0.2, -0.15) is 12.6 Å². The lowest BCUT2D eigenvalue weighted by Crippen LogP contribution is -2.19. The SMILES string of the molecule is O=[N+]([O-])c1cc(Cl)ccc1C(O)C(O)CCS. The second-order valence-electron chi connectivity index (χ2n) is 3.48. The number of nitro groups is 1. The zero-order valence-corrected chi connectivity index (χ0v) is 10.4. The number of aliphatic hydroxyl groups excluding tert-OH is 2. The third kappa shape index (κ3) is 3.57. The number of benzene rings is 1. The Hall–Kier alpha value is -0.820. The van der Waals surface area contributed by atoms with E-state index < -0.39 is 17.1 Å². The standard InChI is InChI=1S/C10H12ClNO4S/c11-6-1-2-7(8(5-6)12(15)16)10(14)9(13)3-4-17/h1-2,5,9-10,13-14,17H,3-4H2. The van der Waals surface area contributed by atoms with E-state index in [0.717, 1.165) is 6.07 Å². The fourth-order valence-electron chi connectivity index (χ4n) is 1.42. The maximum absolute atomic E-state index is 10.8. The number of nitrogens with zero attached hydrogens (tertiary/aromatic N) is 1. The molecule has 0 aliphatic rings. The van der Waals surface area contributed by atoms with Crippen LogP contribution in [0.15, 0.2) is 18.2 Å². The molecule has 1 aromatic carbocycles. The quantitative estimate of drug-likeness (QED) is 0.436. The van der Waals surface area contributed by atoms with E-state index >= 15 is 0 Å². The van der Waals surface area contributed by atoms with Crippen LogP contribution in [-0.4, -0.2) is 27.0 Å². The molecule has 0 saturated heterocycles. The van der Waals surface area contributed by atoms with Gasteiger partial charge in [0.25, 0.3) is 5.69 Å². The highest BCUT2D eigenvalue weighted by Gasteiger charge is 2.25. The minimum Gasteiger partial charge on any atom is -0.390 e. The van der Waals surface area contributed by atoms with E-state index in [9.17, 15) is 20.3 Å². The largest absolute Gasteiger partial charge is 0.390 e. The molecule has 2 unspecified atom stereocenters. The summed E-state index contributed by atoms with van der Waals surface area (Å²) in [7, 11) is 0. The van der Waals surface area contributed by atoms with E-state index in [1.165, 1.54) is 12.1 Å². The summed E-state index contributed by atoms with van der Waals surface area (Å²) in [6, 6.07) is 3.92. The highest BCUT2D eigenvalue weighted by molar-refractivity contribution is 7.80. The van der Waals surface area contributed by atoms with Crippen molar-refractivity contribution in [3.05, 3.63) is 38.9 Å². The second-order valence-corrected chi connectivity index (χ2v) is 4.37. The van der Waals surface area contributed by atoms with Crippen molar-refractivity contribution in [3.8, 4) is 0 Å². The molecule has 17 heavy (non-hydrogen) atoms. The van der Waals surface area contributed by atoms with Gasteiger partial charge in [-0.3, -0.25) is 10.1 Å². The van der Waals surface area contributed by atoms with Gasteiger partial charge in [0.1, 0.15) is 6.10 Å². The van der Waals surface area contributed by atoms with E-state index in [0.29, 0.717) is 5.75 Å². The molecule has 2 atom stereocenters. The molecule has 0 amide bonds. The van der Waals surface area contributed by atoms with Crippen LogP contribution in [0.3, 0.4) is 0 Å². The van der Waals surface area contributed by atoms with Gasteiger partial charge in [0.2, 0.25) is 0 Å². The molecule has 1 aromatic rings. The van der Waals surface area contributed by atoms with Gasteiger partial charge in [0, 0.05) is 11.1 Å². The van der Waals surface area contributed by atoms with Crippen LogP contribution in [0.1, 0.15) is 18.1 Å². The summed E-state index contributed by atoms with van der Waals surface area (Å²) >= 11 is 9.57. The predicted octanol–water partition coefficient (Wildman–Crippen LogP) is 1.96. The highest BCUT2D eigenvalue weighted by atomic mass is 35.5. The molecule has 0 aromatic heterocycles. The van der Waals surface area contributed by atoms with E-state index in [-0.39, 0.29) is 22.7 Å². The first-order valence-corrected chi connectivity index (χ1v) is 5.89. The first-order valence-electron chi connectivity index (χ1n) is 4.88. The van der Waals surface area contributed by atoms with Gasteiger partial charge in [0.15, 0.2) is 0 Å². The Bertz CT molecular complexity index is 415. The summed E-state index contributed by atoms with van der Waals surface area (Å²) in [4.78, 5) is 10.2. The Kier molecular flexibility index (Phi) is 5.20. The van der Waals surface area contributed by atoms with Crippen molar-refractivity contribution in [2.24, 2.45) is 0 Å². The molecule has 7 heteroatoms. The predicted molar refractivity (Wildman–Crippen MR) is 67.5 cm³/mol. The van der Waals surface area contributed by atoms with Crippen molar-refractivity contribution in [3.63, 3.8) is 0 Å². The molecule has 0 bridgehead atoms. The molecule has 0 heterocycles. The molecule has 94 valence electrons. The van der Waals surface area contributed by atoms with Crippen molar-refractivity contribution < 1.29 is 15.1 Å². The van der Waals surface area contributed by atoms with Crippen LogP contribution in [0.25, 0.3) is 0 Å². The van der Waals surface area contributed by atoms with E-state index in [2.05, 4.69) is 12.6 Å². The summed E-state index contributed by atoms with van der Waals surface area (Å²) in [6.07, 6.45) is -2.17. The monoisotopic (exact) mass is 277 g/mol. The van der Waals surface area contributed by atoms with Gasteiger partial charge in [-0.15, -0.1) is 0 Å². The van der Waals surface area contributed by atoms with Gasteiger partial charge in [0.05, 0.1) is 16.6 Å². The molecule has 0 aliphatic carbocycles. The molecule has 0 radical (unpaired) electrons. The zero-order valence-electron chi connectivity index (χ0n) is 8.78. The molecule has 0 fully saturated rings. The smallest absolute Gasteiger partial charge is 0.276 e. The number of halogens is 1. The molecule has 0 saturated carbocycles. The first-order chi connectivity index (χ1) is 7.97. The van der Waals surface area contributed by atoms with Gasteiger partial charge < -0.3 is 10.2 Å². The average Bonchev–Trinajstić information content (AvgIpc) is 2.28. The molecule has 0 aliphatic heterocycles. The molecule has 5 nitrogen and oxygen atoms in total. The Morgan fingerprint density at radius 1 is 1.47 bits per heavy atom. The van der Waals surface area contributed by atoms with Crippen molar-refractivity contribution in [1.82, 2.24) is 0 Å². The molecule has 1 rings (SSSR count). The summed E-state index contributed by atoms with van der Waals surface area (Å²) in [5.74, 6) is 0.375. The van der Waals surface area contributed by atoms with Gasteiger partial charge in [-0.05, 0) is 24.3 Å². The number of hydrogen-bond donors (Lipinski definition) is 3. The van der Waals surface area contributed by atoms with Crippen LogP contribution < -0.4 is 0 Å². The van der Waals surface area contributed by atoms with Gasteiger partial charge in [-0.25, -0.2) is 0 Å². The van der Waals surface area contributed by atoms with E-state index in [1.54, 1.807) is 0 Å². The summed E-state index contributed by atoms with van der Waals surface area (Å²) < 4.78 is 0. The van der Waals surface area contributed by atoms with Crippen molar-refractivity contribution in [2.45, 2.75) is 18.6 Å². The Labute approximate surface area is 109 Å². The molecule has 0 spiro atoms. The number of rotatable bonds is 5. The normalized spacial score (nSPS) is 14.4. The number of thiol groups is 1. The van der Waals surface area contributed by atoms with Crippen LogP contribution >= 0.6 is 24.2 Å². The third-order valence-electron chi connectivity index (χ3n) is 2.30. The Morgan fingerprint density at radius 3 is 2.65 bits per heavy atom. The van der Waals surface area contributed by atoms with Crippen LogP contribution in [0, 0.1) is 10.1 Å². The minimum absolute atomic E-state index is 0.0497. The van der Waals surface area contributed by atoms with Crippen LogP contribution in [0.2, 0.25) is 5.02 Å². The van der Waals surface area contributed by atoms with Gasteiger partial charge >= 0.3 is 0 Å². The van der Waals surface area contributed by atoms with E-state index in [4.69, 9.17) is 11.6 Å². The molecular weight excluding hydrogens is 266 g/mol. The zero-order chi connectivity index (χ0) is 13.0. The topological polar surface area (TPSA) is 83.6 Å². The second kappa shape index (κ2) is 6.20. The third-order valence-corrected chi connectivity index (χ3v) is 2.79. The fraction of sp³-hybridized carbons (Fsp3) is 0.400. The Balaban J connectivity index is 3.08. The van der Waals surface area contributed by atoms with Crippen LogP contribution in [-0.2, 0) is 0 Å². The van der Waals surface area contributed by atoms with Crippen LogP contribution in [0.5, 0.6) is 0 Å². The molecular formula is C10H12ClNO4S. The first kappa shape index (κ1) is 14.2. The van der Waals surface area contributed by atoms with Crippen molar-refractivity contribution >= 4 is 29.9 Å².